The number of benzene rings is 2. The number of carboxylic acids is 1. The number of rotatable bonds is 33. The Hall–Kier alpha value is -6.95. The number of aromatic nitrogens is 7. The van der Waals surface area contributed by atoms with Gasteiger partial charge in [0.1, 0.15) is 18.1 Å². The maximum absolute atomic E-state index is 14.2. The number of carboxylic acid groups (broad SMARTS) is 1. The van der Waals surface area contributed by atoms with Crippen molar-refractivity contribution < 1.29 is 53.4 Å². The van der Waals surface area contributed by atoms with Gasteiger partial charge in [-0.3, -0.25) is 19.6 Å². The standard InChI is InChI=1S/C75H101N13O11S2/c1-47-54-14-13-24-86(66(54)84-83-65(47)82-70-79-57-15-11-12-16-59(57)101-70)60-22-21-55(62(80-60)69(93)94)56-37-77-88(50(56)4)45-74-40-72(8)39-73(9,41-74)43-75(42-72,44-74)99-29-26-85(10)25-28-96-31-33-98-35-34-97-32-30-95-27-23-61(90)81-64(71(5,6)7)68(92)87-38-53(89)36-58(87)67(91)78-48(2)51-17-19-52(20-18-51)63-49(3)76-46-100-63/h11-12,15-22,37,46,48,53,58,64,67,78,89,91H,13-14,23-36,38-45H2,1-10H3,(H,81,90)(H,93,94)(H,79,82,83)/t48-,53+,58-,64+,67?,72?,73?,74?,75?/m0/s1. The summed E-state index contributed by atoms with van der Waals surface area (Å²) in [5.41, 5.74) is 9.33. The molecular weight excluding hydrogens is 1320 g/mol. The minimum absolute atomic E-state index is 0.0259. The Morgan fingerprint density at radius 3 is 2.20 bits per heavy atom. The monoisotopic (exact) mass is 1420 g/mol. The molecule has 7 heterocycles. The van der Waals surface area contributed by atoms with Gasteiger partial charge in [-0.05, 0) is 150 Å². The Balaban J connectivity index is 0.532. The van der Waals surface area contributed by atoms with Crippen LogP contribution in [0.1, 0.15) is 144 Å². The highest BCUT2D eigenvalue weighted by Gasteiger charge is 2.66. The molecule has 544 valence electrons. The van der Waals surface area contributed by atoms with Crippen LogP contribution >= 0.6 is 22.7 Å². The van der Waals surface area contributed by atoms with Gasteiger partial charge in [0.05, 0.1) is 110 Å². The van der Waals surface area contributed by atoms with Gasteiger partial charge in [0, 0.05) is 73.1 Å². The number of thiazole rings is 2. The number of pyridine rings is 1. The Morgan fingerprint density at radius 2 is 1.51 bits per heavy atom. The largest absolute Gasteiger partial charge is 0.476 e. The van der Waals surface area contributed by atoms with E-state index in [2.05, 4.69) is 56.5 Å². The first-order valence-electron chi connectivity index (χ1n) is 35.7. The summed E-state index contributed by atoms with van der Waals surface area (Å²) in [6.07, 6.45) is 8.18. The molecule has 6 N–H and O–H groups in total. The summed E-state index contributed by atoms with van der Waals surface area (Å²) in [6.45, 7) is 25.1. The number of anilines is 4. The van der Waals surface area contributed by atoms with Crippen molar-refractivity contribution in [2.45, 2.75) is 169 Å². The van der Waals surface area contributed by atoms with Crippen molar-refractivity contribution >= 4 is 73.3 Å². The van der Waals surface area contributed by atoms with E-state index in [1.54, 1.807) is 22.7 Å². The van der Waals surface area contributed by atoms with E-state index in [-0.39, 0.29) is 78.0 Å². The van der Waals surface area contributed by atoms with Crippen molar-refractivity contribution in [1.29, 1.82) is 0 Å². The molecule has 5 fully saturated rings. The van der Waals surface area contributed by atoms with Crippen molar-refractivity contribution in [3.05, 3.63) is 106 Å². The molecule has 2 amide bonds. The number of fused-ring (bicyclic) bond motifs is 2. The topological polar surface area (TPSA) is 286 Å². The number of ether oxygens (including phenoxy) is 5. The summed E-state index contributed by atoms with van der Waals surface area (Å²) in [7, 11) is 2.10. The summed E-state index contributed by atoms with van der Waals surface area (Å²) < 4.78 is 33.4. The van der Waals surface area contributed by atoms with Gasteiger partial charge < -0.3 is 64.3 Å². The number of hydrogen-bond donors (Lipinski definition) is 6. The molecule has 7 atom stereocenters. The van der Waals surface area contributed by atoms with Crippen molar-refractivity contribution in [3.8, 4) is 21.6 Å². The summed E-state index contributed by atoms with van der Waals surface area (Å²) in [5, 5.41) is 57.5. The fourth-order valence-electron chi connectivity index (χ4n) is 17.4. The van der Waals surface area contributed by atoms with E-state index < -0.39 is 35.8 Å². The first kappa shape index (κ1) is 73.8. The van der Waals surface area contributed by atoms with Crippen molar-refractivity contribution in [2.75, 3.05) is 103 Å². The zero-order valence-electron chi connectivity index (χ0n) is 60.2. The van der Waals surface area contributed by atoms with Crippen LogP contribution in [0.4, 0.5) is 22.6 Å². The second kappa shape index (κ2) is 31.2. The number of aromatic carboxylic acids is 1. The highest BCUT2D eigenvalue weighted by Crippen LogP contribution is 2.72. The van der Waals surface area contributed by atoms with E-state index in [0.717, 1.165) is 124 Å². The number of nitrogens with one attached hydrogen (secondary N) is 3. The lowest BCUT2D eigenvalue weighted by Crippen LogP contribution is -2.64. The first-order valence-corrected chi connectivity index (χ1v) is 37.4. The molecular formula is C75H101N13O11S2. The molecule has 0 spiro atoms. The third kappa shape index (κ3) is 17.2. The molecule has 4 aliphatic carbocycles. The van der Waals surface area contributed by atoms with Crippen LogP contribution in [0.25, 0.3) is 31.8 Å². The molecule has 2 aliphatic heterocycles. The van der Waals surface area contributed by atoms with Gasteiger partial charge in [0.25, 0.3) is 0 Å². The van der Waals surface area contributed by atoms with Crippen LogP contribution in [0, 0.1) is 42.4 Å². The van der Waals surface area contributed by atoms with Crippen LogP contribution in [0.3, 0.4) is 0 Å². The fourth-order valence-corrected chi connectivity index (χ4v) is 19.0. The van der Waals surface area contributed by atoms with Crippen LogP contribution < -0.4 is 20.9 Å². The Kier molecular flexibility index (Phi) is 22.8. The quantitative estimate of drug-likeness (QED) is 0.0165. The molecule has 0 radical (unpaired) electrons. The Morgan fingerprint density at radius 1 is 0.822 bits per heavy atom. The zero-order chi connectivity index (χ0) is 71.4. The van der Waals surface area contributed by atoms with Crippen LogP contribution in [0.2, 0.25) is 0 Å². The van der Waals surface area contributed by atoms with Crippen molar-refractivity contribution in [3.63, 3.8) is 0 Å². The van der Waals surface area contributed by atoms with Crippen molar-refractivity contribution in [1.82, 2.24) is 55.4 Å². The van der Waals surface area contributed by atoms with Gasteiger partial charge in [-0.2, -0.15) is 5.10 Å². The number of amides is 2. The Bertz CT molecular complexity index is 3990. The number of para-hydroxylation sites is 1. The molecule has 2 aromatic carbocycles. The van der Waals surface area contributed by atoms with Gasteiger partial charge in [-0.15, -0.1) is 21.5 Å². The van der Waals surface area contributed by atoms with Crippen molar-refractivity contribution in [2.24, 2.45) is 21.7 Å². The molecule has 101 heavy (non-hydrogen) atoms. The normalized spacial score (nSPS) is 23.4. The van der Waals surface area contributed by atoms with E-state index in [9.17, 15) is 29.7 Å². The average Bonchev–Trinajstić information content (AvgIpc) is 1.14. The third-order valence-electron chi connectivity index (χ3n) is 21.1. The predicted molar refractivity (Wildman–Crippen MR) is 390 cm³/mol. The smallest absolute Gasteiger partial charge is 0.355 e. The lowest BCUT2D eigenvalue weighted by molar-refractivity contribution is -0.248. The number of likely N-dealkylation sites (tertiary alicyclic amines) is 1. The number of β-amino-alcohol motifs (C(OH)–C–C–N with tert-alkyl or cyclic N) is 1. The van der Waals surface area contributed by atoms with E-state index in [0.29, 0.717) is 75.8 Å². The highest BCUT2D eigenvalue weighted by atomic mass is 32.1. The second-order valence-corrected chi connectivity index (χ2v) is 32.7. The zero-order valence-corrected chi connectivity index (χ0v) is 61.8. The molecule has 6 aliphatic rings. The number of aliphatic hydroxyl groups excluding tert-OH is 2. The summed E-state index contributed by atoms with van der Waals surface area (Å²) in [5.74, 6) is 0.0427. The number of likely N-dealkylation sites (N-methyl/N-ethyl adjacent to an activating group) is 1. The molecule has 4 bridgehead atoms. The number of aryl methyl sites for hydroxylation is 1. The van der Waals surface area contributed by atoms with Gasteiger partial charge in [-0.25, -0.2) is 19.7 Å². The molecule has 4 saturated carbocycles. The van der Waals surface area contributed by atoms with Gasteiger partial charge in [0.15, 0.2) is 22.5 Å². The van der Waals surface area contributed by atoms with Crippen LogP contribution in [-0.2, 0) is 46.2 Å². The minimum atomic E-state index is -1.13. The molecule has 1 saturated heterocycles. The maximum Gasteiger partial charge on any atom is 0.355 e. The molecule has 26 heteroatoms. The van der Waals surface area contributed by atoms with Crippen LogP contribution in [-0.4, -0.2) is 201 Å². The number of nitrogens with zero attached hydrogens (tertiary/aromatic N) is 10. The number of hydrogen-bond acceptors (Lipinski definition) is 22. The van der Waals surface area contributed by atoms with Gasteiger partial charge in [0.2, 0.25) is 11.8 Å². The van der Waals surface area contributed by atoms with E-state index in [1.807, 2.05) is 126 Å². The minimum Gasteiger partial charge on any atom is -0.476 e. The van der Waals surface area contributed by atoms with E-state index >= 15 is 0 Å². The van der Waals surface area contributed by atoms with E-state index in [1.165, 1.54) is 11.3 Å². The fraction of sp³-hybridized carbons (Fsp3) is 0.587. The summed E-state index contributed by atoms with van der Waals surface area (Å²) in [6, 6.07) is 18.0. The summed E-state index contributed by atoms with van der Waals surface area (Å²) >= 11 is 3.16. The second-order valence-electron chi connectivity index (χ2n) is 30.8. The molecule has 13 rings (SSSR count). The predicted octanol–water partition coefficient (Wildman–Crippen LogP) is 10.6. The molecule has 3 unspecified atom stereocenters. The number of carbonyl (C=O) groups is 3. The van der Waals surface area contributed by atoms with Gasteiger partial charge in [-0.1, -0.05) is 82.4 Å². The number of aliphatic hydroxyl groups is 2. The van der Waals surface area contributed by atoms with Crippen LogP contribution in [0.15, 0.2) is 72.4 Å². The van der Waals surface area contributed by atoms with Gasteiger partial charge >= 0.3 is 5.97 Å². The highest BCUT2D eigenvalue weighted by molar-refractivity contribution is 7.22. The number of carbonyl (C=O) groups excluding carboxylic acids is 2. The average molecular weight is 1420 g/mol. The lowest BCUT2D eigenvalue weighted by Gasteiger charge is -2.69. The molecule has 7 aromatic rings. The first-order chi connectivity index (χ1) is 48.3. The molecule has 5 aromatic heterocycles. The lowest BCUT2D eigenvalue weighted by atomic mass is 9.39. The van der Waals surface area contributed by atoms with E-state index in [4.69, 9.17) is 43.8 Å². The van der Waals surface area contributed by atoms with Crippen LogP contribution in [0.5, 0.6) is 0 Å². The molecule has 24 nitrogen and oxygen atoms in total. The Labute approximate surface area is 600 Å². The summed E-state index contributed by atoms with van der Waals surface area (Å²) in [4.78, 5) is 61.3. The maximum atomic E-state index is 14.2. The third-order valence-corrected chi connectivity index (χ3v) is 23.0. The SMILES string of the molecule is Cc1ncsc1-c1ccc([C@H](C)NC(O)[C@@H]2C[C@@H](O)CN2C(=O)[C@@H](NC(=O)CCOCCOCCOCCOCCN(C)CCOC23CC4(C)CC(C)(CC(Cn5ncc(-c6ccc(N7CCCc8c7nnc(Nc7nc9ccccc9s7)c8C)nc6C(=O)O)c5C)(C4)C2)C3)C(C)(C)C)cc1.